The Kier molecular flexibility index (Phi) is 3.31. The van der Waals surface area contributed by atoms with Gasteiger partial charge in [0, 0.05) is 31.5 Å². The summed E-state index contributed by atoms with van der Waals surface area (Å²) in [6.45, 7) is 2.40. The first-order valence-corrected chi connectivity index (χ1v) is 6.03. The lowest BCUT2D eigenvalue weighted by atomic mass is 9.97. The lowest BCUT2D eigenvalue weighted by molar-refractivity contribution is -0.132. The van der Waals surface area contributed by atoms with Crippen LogP contribution in [0.25, 0.3) is 0 Å². The van der Waals surface area contributed by atoms with Crippen molar-refractivity contribution in [2.24, 2.45) is 5.92 Å². The van der Waals surface area contributed by atoms with Crippen LogP contribution in [-0.2, 0) is 4.79 Å². The van der Waals surface area contributed by atoms with Gasteiger partial charge in [-0.15, -0.1) is 0 Å². The van der Waals surface area contributed by atoms with E-state index in [4.69, 9.17) is 0 Å². The van der Waals surface area contributed by atoms with E-state index in [-0.39, 0.29) is 31.8 Å². The van der Waals surface area contributed by atoms with E-state index in [0.29, 0.717) is 11.5 Å². The van der Waals surface area contributed by atoms with Gasteiger partial charge in [-0.2, -0.15) is 0 Å². The van der Waals surface area contributed by atoms with Gasteiger partial charge in [0.2, 0.25) is 0 Å². The molecule has 0 spiro atoms. The lowest BCUT2D eigenvalue weighted by Crippen LogP contribution is -2.43. The third-order valence-electron chi connectivity index (χ3n) is 3.34. The summed E-state index contributed by atoms with van der Waals surface area (Å²) in [5, 5.41) is 0. The summed E-state index contributed by atoms with van der Waals surface area (Å²) >= 11 is 0. The molecule has 17 heavy (non-hydrogen) atoms. The number of amides is 1. The van der Waals surface area contributed by atoms with E-state index in [1.54, 1.807) is 0 Å². The van der Waals surface area contributed by atoms with E-state index in [0.717, 1.165) is 6.42 Å². The van der Waals surface area contributed by atoms with Crippen LogP contribution < -0.4 is 0 Å². The fourth-order valence-electron chi connectivity index (χ4n) is 2.11. The molecule has 0 aromatic heterocycles. The first kappa shape index (κ1) is 12.3. The largest absolute Gasteiger partial charge is 0.338 e. The second kappa shape index (κ2) is 4.59. The van der Waals surface area contributed by atoms with E-state index in [9.17, 15) is 13.6 Å². The van der Waals surface area contributed by atoms with Crippen LogP contribution in [0.5, 0.6) is 0 Å². The average Bonchev–Trinajstić information content (AvgIpc) is 2.29. The Bertz CT molecular complexity index is 364. The SMILES string of the molecule is CC1C=CC(C(=O)N2CCC(F)(F)CC2)=CC1. The molecule has 1 aliphatic carbocycles. The van der Waals surface area contributed by atoms with Crippen molar-refractivity contribution in [3.63, 3.8) is 0 Å². The molecule has 1 saturated heterocycles. The molecule has 0 bridgehead atoms. The zero-order valence-corrected chi connectivity index (χ0v) is 9.96. The Labute approximate surface area is 100.0 Å². The zero-order valence-electron chi connectivity index (χ0n) is 9.96. The van der Waals surface area contributed by atoms with E-state index in [1.807, 2.05) is 18.2 Å². The molecular weight excluding hydrogens is 224 g/mol. The number of hydrogen-bond donors (Lipinski definition) is 0. The van der Waals surface area contributed by atoms with Crippen molar-refractivity contribution in [1.29, 1.82) is 0 Å². The number of carbonyl (C=O) groups excluding carboxylic acids is 1. The fourth-order valence-corrected chi connectivity index (χ4v) is 2.11. The molecule has 0 aromatic rings. The summed E-state index contributed by atoms with van der Waals surface area (Å²) in [5.74, 6) is -2.25. The molecule has 2 rings (SSSR count). The Morgan fingerprint density at radius 1 is 1.41 bits per heavy atom. The molecule has 1 aliphatic heterocycles. The highest BCUT2D eigenvalue weighted by molar-refractivity contribution is 5.96. The Morgan fingerprint density at radius 3 is 2.59 bits per heavy atom. The lowest BCUT2D eigenvalue weighted by Gasteiger charge is -2.32. The summed E-state index contributed by atoms with van der Waals surface area (Å²) in [7, 11) is 0. The Morgan fingerprint density at radius 2 is 2.06 bits per heavy atom. The maximum atomic E-state index is 13.0. The van der Waals surface area contributed by atoms with Crippen molar-refractivity contribution < 1.29 is 13.6 Å². The van der Waals surface area contributed by atoms with E-state index < -0.39 is 5.92 Å². The molecule has 4 heteroatoms. The molecule has 0 N–H and O–H groups in total. The highest BCUT2D eigenvalue weighted by Crippen LogP contribution is 2.28. The van der Waals surface area contributed by atoms with Gasteiger partial charge in [0.15, 0.2) is 0 Å². The van der Waals surface area contributed by atoms with Crippen molar-refractivity contribution in [2.45, 2.75) is 32.1 Å². The molecule has 1 fully saturated rings. The second-order valence-electron chi connectivity index (χ2n) is 4.88. The topological polar surface area (TPSA) is 20.3 Å². The van der Waals surface area contributed by atoms with Gasteiger partial charge in [0.05, 0.1) is 0 Å². The molecule has 2 nitrogen and oxygen atoms in total. The third-order valence-corrected chi connectivity index (χ3v) is 3.34. The first-order valence-electron chi connectivity index (χ1n) is 6.03. The molecule has 2 aliphatic rings. The standard InChI is InChI=1S/C13H17F2NO/c1-10-2-4-11(5-3-10)12(17)16-8-6-13(14,15)7-9-16/h2,4-5,10H,3,6-9H2,1H3. The number of alkyl halides is 2. The van der Waals surface area contributed by atoms with Crippen molar-refractivity contribution in [1.82, 2.24) is 4.90 Å². The van der Waals surface area contributed by atoms with Gasteiger partial charge in [0.1, 0.15) is 0 Å². The van der Waals surface area contributed by atoms with Crippen molar-refractivity contribution >= 4 is 5.91 Å². The highest BCUT2D eigenvalue weighted by Gasteiger charge is 2.35. The molecular formula is C13H17F2NO. The fraction of sp³-hybridized carbons (Fsp3) is 0.615. The number of carbonyl (C=O) groups is 1. The normalized spacial score (nSPS) is 27.8. The Balaban J connectivity index is 1.96. The molecule has 0 saturated carbocycles. The molecule has 0 radical (unpaired) electrons. The molecule has 94 valence electrons. The van der Waals surface area contributed by atoms with Crippen LogP contribution in [0.1, 0.15) is 26.2 Å². The van der Waals surface area contributed by atoms with E-state index in [1.165, 1.54) is 4.90 Å². The first-order chi connectivity index (χ1) is 7.98. The summed E-state index contributed by atoms with van der Waals surface area (Å²) in [5.41, 5.74) is 0.647. The van der Waals surface area contributed by atoms with Crippen LogP contribution in [0.15, 0.2) is 23.8 Å². The van der Waals surface area contributed by atoms with Crippen LogP contribution in [0.2, 0.25) is 0 Å². The number of rotatable bonds is 1. The molecule has 1 amide bonds. The summed E-state index contributed by atoms with van der Waals surface area (Å²) in [4.78, 5) is 13.6. The minimum Gasteiger partial charge on any atom is -0.338 e. The number of nitrogens with zero attached hydrogens (tertiary/aromatic N) is 1. The van der Waals surface area contributed by atoms with Gasteiger partial charge in [-0.1, -0.05) is 25.2 Å². The minimum atomic E-state index is -2.60. The van der Waals surface area contributed by atoms with Crippen molar-refractivity contribution in [3.05, 3.63) is 23.8 Å². The van der Waals surface area contributed by atoms with Crippen LogP contribution in [-0.4, -0.2) is 29.8 Å². The summed E-state index contributed by atoms with van der Waals surface area (Å²) in [6.07, 6.45) is 6.12. The van der Waals surface area contributed by atoms with Gasteiger partial charge in [-0.05, 0) is 12.3 Å². The van der Waals surface area contributed by atoms with E-state index >= 15 is 0 Å². The predicted molar refractivity (Wildman–Crippen MR) is 61.8 cm³/mol. The van der Waals surface area contributed by atoms with Gasteiger partial charge in [-0.3, -0.25) is 4.79 Å². The third kappa shape index (κ3) is 2.93. The number of halogens is 2. The van der Waals surface area contributed by atoms with Gasteiger partial charge >= 0.3 is 0 Å². The minimum absolute atomic E-state index is 0.108. The number of hydrogen-bond acceptors (Lipinski definition) is 1. The van der Waals surface area contributed by atoms with Crippen LogP contribution >= 0.6 is 0 Å². The van der Waals surface area contributed by atoms with Crippen LogP contribution in [0.3, 0.4) is 0 Å². The smallest absolute Gasteiger partial charge is 0.253 e. The monoisotopic (exact) mass is 241 g/mol. The quantitative estimate of drug-likeness (QED) is 0.691. The molecule has 1 unspecified atom stereocenters. The summed E-state index contributed by atoms with van der Waals surface area (Å²) in [6, 6.07) is 0. The molecule has 1 heterocycles. The van der Waals surface area contributed by atoms with Gasteiger partial charge < -0.3 is 4.90 Å². The predicted octanol–water partition coefficient (Wildman–Crippen LogP) is 2.77. The number of likely N-dealkylation sites (tertiary alicyclic amines) is 1. The highest BCUT2D eigenvalue weighted by atomic mass is 19.3. The zero-order chi connectivity index (χ0) is 12.5. The maximum Gasteiger partial charge on any atom is 0.253 e. The van der Waals surface area contributed by atoms with E-state index in [2.05, 4.69) is 6.92 Å². The van der Waals surface area contributed by atoms with Gasteiger partial charge in [-0.25, -0.2) is 8.78 Å². The van der Waals surface area contributed by atoms with Gasteiger partial charge in [0.25, 0.3) is 11.8 Å². The van der Waals surface area contributed by atoms with Crippen molar-refractivity contribution in [3.8, 4) is 0 Å². The molecule has 0 aromatic carbocycles. The maximum absolute atomic E-state index is 13.0. The van der Waals surface area contributed by atoms with Crippen molar-refractivity contribution in [2.75, 3.05) is 13.1 Å². The number of piperidine rings is 1. The van der Waals surface area contributed by atoms with Crippen LogP contribution in [0.4, 0.5) is 8.78 Å². The molecule has 1 atom stereocenters. The summed E-state index contributed by atoms with van der Waals surface area (Å²) < 4.78 is 25.9. The average molecular weight is 241 g/mol. The number of allylic oxidation sites excluding steroid dienone is 2. The second-order valence-corrected chi connectivity index (χ2v) is 4.88. The van der Waals surface area contributed by atoms with Crippen LogP contribution in [0, 0.1) is 5.92 Å². The Hall–Kier alpha value is -1.19.